The molecule has 1 aliphatic carbocycles. The summed E-state index contributed by atoms with van der Waals surface area (Å²) in [6.07, 6.45) is 4.47. The van der Waals surface area contributed by atoms with E-state index in [0.29, 0.717) is 17.9 Å². The number of allylic oxidation sites excluding steroid dienone is 1. The Balaban J connectivity index is 1.71. The summed E-state index contributed by atoms with van der Waals surface area (Å²) in [5, 5.41) is 8.32. The largest absolute Gasteiger partial charge is 0.459 e. The minimum Gasteiger partial charge on any atom is -0.459 e. The Morgan fingerprint density at radius 2 is 1.96 bits per heavy atom. The summed E-state index contributed by atoms with van der Waals surface area (Å²) in [6, 6.07) is 8.66. The third-order valence-corrected chi connectivity index (χ3v) is 5.74. The molecule has 3 unspecified atom stereocenters. The summed E-state index contributed by atoms with van der Waals surface area (Å²) >= 11 is 0. The number of fused-ring (bicyclic) bond motifs is 1. The van der Waals surface area contributed by atoms with E-state index in [-0.39, 0.29) is 6.04 Å². The summed E-state index contributed by atoms with van der Waals surface area (Å²) in [7, 11) is 0. The Hall–Kier alpha value is -2.36. The van der Waals surface area contributed by atoms with Crippen molar-refractivity contribution in [3.63, 3.8) is 0 Å². The molecule has 3 atom stereocenters. The number of rotatable bonds is 7. The van der Waals surface area contributed by atoms with Crippen LogP contribution in [0.1, 0.15) is 56.9 Å². The standard InChI is InChI=1S/C23H33N3O/c1-14(2)22(23-15(3)20-11-6-7-12-21(20)27-23)26-17(5)25-19-10-8-9-18(13-19)16(4)24/h6-7,11-12,14,18-19,22,25-26H,4-5,8-10,13,24H2,1-3H3. The SMILES string of the molecule is C=C(NC1CCCC(C(=C)N)C1)NC(c1oc2ccccc2c1C)C(C)C. The zero-order chi connectivity index (χ0) is 19.6. The van der Waals surface area contributed by atoms with Crippen molar-refractivity contribution < 1.29 is 4.42 Å². The van der Waals surface area contributed by atoms with E-state index in [1.807, 2.05) is 12.1 Å². The van der Waals surface area contributed by atoms with E-state index in [1.54, 1.807) is 0 Å². The molecule has 4 heteroatoms. The number of para-hydroxylation sites is 1. The van der Waals surface area contributed by atoms with Gasteiger partial charge in [-0.2, -0.15) is 0 Å². The van der Waals surface area contributed by atoms with Gasteiger partial charge >= 0.3 is 0 Å². The van der Waals surface area contributed by atoms with E-state index in [1.165, 1.54) is 17.4 Å². The minimum atomic E-state index is 0.0706. The third-order valence-electron chi connectivity index (χ3n) is 5.74. The number of nitrogens with two attached hydrogens (primary N) is 1. The highest BCUT2D eigenvalue weighted by Gasteiger charge is 2.26. The van der Waals surface area contributed by atoms with Crippen LogP contribution in [-0.4, -0.2) is 6.04 Å². The molecule has 0 amide bonds. The van der Waals surface area contributed by atoms with Gasteiger partial charge in [0.2, 0.25) is 0 Å². The number of furan rings is 1. The van der Waals surface area contributed by atoms with Crippen molar-refractivity contribution in [1.82, 2.24) is 10.6 Å². The van der Waals surface area contributed by atoms with Crippen molar-refractivity contribution in [2.24, 2.45) is 17.6 Å². The van der Waals surface area contributed by atoms with E-state index in [0.717, 1.165) is 42.1 Å². The molecule has 1 heterocycles. The average Bonchev–Trinajstić information content (AvgIpc) is 2.96. The molecular formula is C23H33N3O. The first kappa shape index (κ1) is 19.4. The Morgan fingerprint density at radius 1 is 1.22 bits per heavy atom. The Bertz CT molecular complexity index is 820. The predicted octanol–water partition coefficient (Wildman–Crippen LogP) is 5.12. The van der Waals surface area contributed by atoms with Crippen molar-refractivity contribution in [1.29, 1.82) is 0 Å². The molecule has 1 aliphatic rings. The molecule has 4 nitrogen and oxygen atoms in total. The Morgan fingerprint density at radius 3 is 2.63 bits per heavy atom. The van der Waals surface area contributed by atoms with Crippen LogP contribution in [0.3, 0.4) is 0 Å². The molecule has 4 N–H and O–H groups in total. The normalized spacial score (nSPS) is 21.2. The average molecular weight is 368 g/mol. The lowest BCUT2D eigenvalue weighted by atomic mass is 9.84. The lowest BCUT2D eigenvalue weighted by molar-refractivity contribution is 0.309. The molecule has 1 aromatic carbocycles. The first-order valence-corrected chi connectivity index (χ1v) is 10.0. The van der Waals surface area contributed by atoms with Crippen LogP contribution in [0.2, 0.25) is 0 Å². The smallest absolute Gasteiger partial charge is 0.134 e. The second-order valence-electron chi connectivity index (χ2n) is 8.21. The second-order valence-corrected chi connectivity index (χ2v) is 8.21. The maximum Gasteiger partial charge on any atom is 0.134 e. The van der Waals surface area contributed by atoms with Crippen LogP contribution in [0.25, 0.3) is 11.0 Å². The molecular weight excluding hydrogens is 334 g/mol. The number of benzene rings is 1. The molecule has 0 aliphatic heterocycles. The topological polar surface area (TPSA) is 63.2 Å². The Kier molecular flexibility index (Phi) is 5.83. The van der Waals surface area contributed by atoms with Gasteiger partial charge < -0.3 is 20.8 Å². The van der Waals surface area contributed by atoms with Crippen molar-refractivity contribution in [2.75, 3.05) is 0 Å². The van der Waals surface area contributed by atoms with Gasteiger partial charge in [-0.1, -0.05) is 51.6 Å². The van der Waals surface area contributed by atoms with E-state index < -0.39 is 0 Å². The molecule has 146 valence electrons. The number of nitrogens with one attached hydrogen (secondary N) is 2. The summed E-state index contributed by atoms with van der Waals surface area (Å²) in [6.45, 7) is 14.7. The van der Waals surface area contributed by atoms with Crippen LogP contribution in [0.5, 0.6) is 0 Å². The highest BCUT2D eigenvalue weighted by Crippen LogP contribution is 2.33. The van der Waals surface area contributed by atoms with Crippen molar-refractivity contribution >= 4 is 11.0 Å². The molecule has 0 radical (unpaired) electrons. The van der Waals surface area contributed by atoms with E-state index in [9.17, 15) is 0 Å². The summed E-state index contributed by atoms with van der Waals surface area (Å²) in [5.41, 5.74) is 8.87. The maximum atomic E-state index is 6.20. The highest BCUT2D eigenvalue weighted by atomic mass is 16.3. The maximum absolute atomic E-state index is 6.20. The second kappa shape index (κ2) is 8.12. The van der Waals surface area contributed by atoms with Crippen molar-refractivity contribution in [2.45, 2.75) is 58.5 Å². The first-order valence-electron chi connectivity index (χ1n) is 10.0. The van der Waals surface area contributed by atoms with E-state index >= 15 is 0 Å². The molecule has 2 aromatic rings. The number of aryl methyl sites for hydroxylation is 1. The molecule has 1 aromatic heterocycles. The van der Waals surface area contributed by atoms with Crippen LogP contribution in [0.4, 0.5) is 0 Å². The molecule has 0 saturated heterocycles. The quantitative estimate of drug-likeness (QED) is 0.635. The van der Waals surface area contributed by atoms with Crippen molar-refractivity contribution in [3.05, 3.63) is 60.3 Å². The summed E-state index contributed by atoms with van der Waals surface area (Å²) < 4.78 is 6.20. The van der Waals surface area contributed by atoms with Gasteiger partial charge in [0.25, 0.3) is 0 Å². The molecule has 1 saturated carbocycles. The fourth-order valence-electron chi connectivity index (χ4n) is 4.16. The fraction of sp³-hybridized carbons (Fsp3) is 0.478. The van der Waals surface area contributed by atoms with Crippen LogP contribution in [0, 0.1) is 18.8 Å². The lowest BCUT2D eigenvalue weighted by Gasteiger charge is -2.32. The highest BCUT2D eigenvalue weighted by molar-refractivity contribution is 5.82. The van der Waals surface area contributed by atoms with Crippen LogP contribution in [-0.2, 0) is 0 Å². The molecule has 3 rings (SSSR count). The third kappa shape index (κ3) is 4.32. The summed E-state index contributed by atoms with van der Waals surface area (Å²) in [4.78, 5) is 0. The van der Waals surface area contributed by atoms with Gasteiger partial charge in [-0.25, -0.2) is 0 Å². The number of hydrogen-bond donors (Lipinski definition) is 3. The predicted molar refractivity (Wildman–Crippen MR) is 113 cm³/mol. The van der Waals surface area contributed by atoms with Gasteiger partial charge in [0.05, 0.1) is 11.9 Å². The van der Waals surface area contributed by atoms with Crippen molar-refractivity contribution in [3.8, 4) is 0 Å². The van der Waals surface area contributed by atoms with Gasteiger partial charge in [0.15, 0.2) is 0 Å². The van der Waals surface area contributed by atoms with Crippen LogP contribution >= 0.6 is 0 Å². The fourth-order valence-corrected chi connectivity index (χ4v) is 4.16. The molecule has 1 fully saturated rings. The van der Waals surface area contributed by atoms with Crippen LogP contribution in [0.15, 0.2) is 53.4 Å². The van der Waals surface area contributed by atoms with Gasteiger partial charge in [-0.3, -0.25) is 0 Å². The monoisotopic (exact) mass is 367 g/mol. The zero-order valence-electron chi connectivity index (χ0n) is 16.8. The van der Waals surface area contributed by atoms with E-state index in [2.05, 4.69) is 56.7 Å². The van der Waals surface area contributed by atoms with Gasteiger partial charge in [-0.15, -0.1) is 0 Å². The zero-order valence-corrected chi connectivity index (χ0v) is 16.8. The van der Waals surface area contributed by atoms with E-state index in [4.69, 9.17) is 10.2 Å². The van der Waals surface area contributed by atoms with Gasteiger partial charge in [0.1, 0.15) is 11.3 Å². The van der Waals surface area contributed by atoms with Crippen LogP contribution < -0.4 is 16.4 Å². The molecule has 0 spiro atoms. The minimum absolute atomic E-state index is 0.0706. The Labute approximate surface area is 162 Å². The lowest BCUT2D eigenvalue weighted by Crippen LogP contribution is -2.40. The van der Waals surface area contributed by atoms with Gasteiger partial charge in [0, 0.05) is 22.7 Å². The molecule has 27 heavy (non-hydrogen) atoms. The summed E-state index contributed by atoms with van der Waals surface area (Å²) in [5.74, 6) is 2.61. The van der Waals surface area contributed by atoms with Gasteiger partial charge in [-0.05, 0) is 44.1 Å². The first-order chi connectivity index (χ1) is 12.9. The molecule has 0 bridgehead atoms. The number of hydrogen-bond acceptors (Lipinski definition) is 4.